The summed E-state index contributed by atoms with van der Waals surface area (Å²) < 4.78 is 5.49. The van der Waals surface area contributed by atoms with Crippen LogP contribution < -0.4 is 10.2 Å². The van der Waals surface area contributed by atoms with Crippen LogP contribution in [0.5, 0.6) is 0 Å². The minimum Gasteiger partial charge on any atom is -0.367 e. The van der Waals surface area contributed by atoms with Gasteiger partial charge in [0.15, 0.2) is 5.82 Å². The molecule has 23 heavy (non-hydrogen) atoms. The average molecular weight is 312 g/mol. The van der Waals surface area contributed by atoms with Gasteiger partial charge in [0, 0.05) is 31.1 Å². The van der Waals surface area contributed by atoms with Crippen molar-refractivity contribution < 1.29 is 4.52 Å². The van der Waals surface area contributed by atoms with Gasteiger partial charge >= 0.3 is 0 Å². The highest BCUT2D eigenvalue weighted by molar-refractivity contribution is 5.50. The third kappa shape index (κ3) is 2.75. The van der Waals surface area contributed by atoms with E-state index in [0.29, 0.717) is 17.9 Å². The van der Waals surface area contributed by atoms with E-state index < -0.39 is 0 Å². The zero-order valence-electron chi connectivity index (χ0n) is 13.0. The van der Waals surface area contributed by atoms with Crippen LogP contribution in [-0.2, 0) is 0 Å². The van der Waals surface area contributed by atoms with Crippen LogP contribution >= 0.6 is 0 Å². The van der Waals surface area contributed by atoms with Gasteiger partial charge in [-0.1, -0.05) is 5.16 Å². The highest BCUT2D eigenvalue weighted by Gasteiger charge is 2.33. The summed E-state index contributed by atoms with van der Waals surface area (Å²) in [4.78, 5) is 15.6. The second kappa shape index (κ2) is 5.18. The van der Waals surface area contributed by atoms with E-state index >= 15 is 0 Å². The summed E-state index contributed by atoms with van der Waals surface area (Å²) in [5.74, 6) is 4.45. The van der Waals surface area contributed by atoms with Gasteiger partial charge in [-0.3, -0.25) is 0 Å². The Balaban J connectivity index is 1.28. The Labute approximate surface area is 134 Å². The number of anilines is 2. The molecular formula is C16H20N6O. The van der Waals surface area contributed by atoms with Gasteiger partial charge in [0.2, 0.25) is 5.89 Å². The van der Waals surface area contributed by atoms with Crippen molar-refractivity contribution in [3.63, 3.8) is 0 Å². The summed E-state index contributed by atoms with van der Waals surface area (Å²) in [6.07, 6.45) is 7.56. The highest BCUT2D eigenvalue weighted by Crippen LogP contribution is 2.39. The molecule has 7 nitrogen and oxygen atoms in total. The summed E-state index contributed by atoms with van der Waals surface area (Å²) >= 11 is 0. The summed E-state index contributed by atoms with van der Waals surface area (Å²) in [6, 6.07) is 2.65. The van der Waals surface area contributed by atoms with Crippen molar-refractivity contribution >= 4 is 11.6 Å². The topological polar surface area (TPSA) is 80.0 Å². The molecule has 0 bridgehead atoms. The zero-order valence-corrected chi connectivity index (χ0v) is 13.0. The third-order valence-corrected chi connectivity index (χ3v) is 4.84. The van der Waals surface area contributed by atoms with E-state index in [9.17, 15) is 0 Å². The van der Waals surface area contributed by atoms with Crippen LogP contribution in [-0.4, -0.2) is 39.2 Å². The average Bonchev–Trinajstić information content (AvgIpc) is 3.48. The van der Waals surface area contributed by atoms with Gasteiger partial charge in [-0.05, 0) is 32.1 Å². The fraction of sp³-hybridized carbons (Fsp3) is 0.625. The molecule has 0 amide bonds. The summed E-state index contributed by atoms with van der Waals surface area (Å²) in [7, 11) is 0. The first-order valence-corrected chi connectivity index (χ1v) is 8.52. The number of nitrogens with one attached hydrogen (secondary N) is 1. The van der Waals surface area contributed by atoms with Crippen LogP contribution in [0.2, 0.25) is 0 Å². The standard InChI is InChI=1S/C16H20N6O/c1-2-10(1)15-20-16(23-21-15)11-5-6-22(8-11)14-7-13(17-9-18-14)19-12-3-4-12/h7,9-12H,1-6,8H2,(H,17,18,19). The van der Waals surface area contributed by atoms with Gasteiger partial charge < -0.3 is 14.7 Å². The van der Waals surface area contributed by atoms with E-state index in [1.807, 2.05) is 6.07 Å². The Kier molecular flexibility index (Phi) is 2.99. The van der Waals surface area contributed by atoms with E-state index in [1.165, 1.54) is 25.7 Å². The molecule has 120 valence electrons. The highest BCUT2D eigenvalue weighted by atomic mass is 16.5. The quantitative estimate of drug-likeness (QED) is 0.907. The first-order valence-electron chi connectivity index (χ1n) is 8.52. The maximum Gasteiger partial charge on any atom is 0.231 e. The molecule has 1 aliphatic heterocycles. The van der Waals surface area contributed by atoms with Crippen molar-refractivity contribution in [3.05, 3.63) is 24.1 Å². The van der Waals surface area contributed by atoms with Crippen molar-refractivity contribution in [1.82, 2.24) is 20.1 Å². The van der Waals surface area contributed by atoms with Crippen molar-refractivity contribution in [2.75, 3.05) is 23.3 Å². The number of nitrogens with zero attached hydrogens (tertiary/aromatic N) is 5. The first-order chi connectivity index (χ1) is 11.3. The Bertz CT molecular complexity index is 708. The molecule has 1 N–H and O–H groups in total. The molecule has 3 fully saturated rings. The molecule has 5 rings (SSSR count). The van der Waals surface area contributed by atoms with Gasteiger partial charge in [-0.25, -0.2) is 9.97 Å². The van der Waals surface area contributed by atoms with Gasteiger partial charge in [0.1, 0.15) is 18.0 Å². The Morgan fingerprint density at radius 3 is 2.83 bits per heavy atom. The van der Waals surface area contributed by atoms with Crippen LogP contribution in [0.4, 0.5) is 11.6 Å². The second-order valence-electron chi connectivity index (χ2n) is 6.88. The summed E-state index contributed by atoms with van der Waals surface area (Å²) in [5, 5.41) is 7.56. The minimum atomic E-state index is 0.310. The lowest BCUT2D eigenvalue weighted by molar-refractivity contribution is 0.355. The Morgan fingerprint density at radius 1 is 1.09 bits per heavy atom. The fourth-order valence-electron chi connectivity index (χ4n) is 3.13. The Morgan fingerprint density at radius 2 is 2.00 bits per heavy atom. The maximum atomic E-state index is 5.49. The van der Waals surface area contributed by atoms with Crippen molar-refractivity contribution in [3.8, 4) is 0 Å². The molecule has 1 saturated heterocycles. The molecule has 2 aliphatic carbocycles. The van der Waals surface area contributed by atoms with Crippen LogP contribution in [0.3, 0.4) is 0 Å². The molecule has 7 heteroatoms. The third-order valence-electron chi connectivity index (χ3n) is 4.84. The van der Waals surface area contributed by atoms with Crippen LogP contribution in [0.1, 0.15) is 55.7 Å². The minimum absolute atomic E-state index is 0.310. The Hall–Kier alpha value is -2.18. The molecule has 3 heterocycles. The van der Waals surface area contributed by atoms with E-state index in [0.717, 1.165) is 42.9 Å². The lowest BCUT2D eigenvalue weighted by Crippen LogP contribution is -2.21. The monoisotopic (exact) mass is 312 g/mol. The number of aromatic nitrogens is 4. The maximum absolute atomic E-state index is 5.49. The van der Waals surface area contributed by atoms with E-state index in [-0.39, 0.29) is 0 Å². The number of hydrogen-bond donors (Lipinski definition) is 1. The lowest BCUT2D eigenvalue weighted by Gasteiger charge is -2.17. The van der Waals surface area contributed by atoms with Crippen molar-refractivity contribution in [1.29, 1.82) is 0 Å². The number of hydrogen-bond acceptors (Lipinski definition) is 7. The van der Waals surface area contributed by atoms with Crippen LogP contribution in [0.15, 0.2) is 16.9 Å². The molecule has 0 radical (unpaired) electrons. The van der Waals surface area contributed by atoms with Gasteiger partial charge in [0.25, 0.3) is 0 Å². The zero-order chi connectivity index (χ0) is 15.2. The smallest absolute Gasteiger partial charge is 0.231 e. The van der Waals surface area contributed by atoms with Gasteiger partial charge in [-0.15, -0.1) is 0 Å². The van der Waals surface area contributed by atoms with Gasteiger partial charge in [-0.2, -0.15) is 4.98 Å². The van der Waals surface area contributed by atoms with Crippen molar-refractivity contribution in [2.45, 2.75) is 50.0 Å². The second-order valence-corrected chi connectivity index (χ2v) is 6.88. The van der Waals surface area contributed by atoms with Crippen LogP contribution in [0.25, 0.3) is 0 Å². The molecule has 1 unspecified atom stereocenters. The predicted molar refractivity (Wildman–Crippen MR) is 84.5 cm³/mol. The van der Waals surface area contributed by atoms with Crippen LogP contribution in [0, 0.1) is 0 Å². The number of rotatable bonds is 5. The van der Waals surface area contributed by atoms with Crippen molar-refractivity contribution in [2.24, 2.45) is 0 Å². The van der Waals surface area contributed by atoms with E-state index in [1.54, 1.807) is 6.33 Å². The molecule has 2 aromatic heterocycles. The molecular weight excluding hydrogens is 292 g/mol. The molecule has 0 aromatic carbocycles. The molecule has 0 spiro atoms. The molecule has 1 atom stereocenters. The molecule has 2 saturated carbocycles. The normalized spacial score (nSPS) is 24.2. The van der Waals surface area contributed by atoms with E-state index in [2.05, 4.69) is 30.3 Å². The SMILES string of the molecule is c1nc(NC2CC2)cc(N2CCC(c3nc(C4CC4)no3)C2)n1. The summed E-state index contributed by atoms with van der Waals surface area (Å²) in [5.41, 5.74) is 0. The predicted octanol–water partition coefficient (Wildman–Crippen LogP) is 2.31. The molecule has 3 aliphatic rings. The molecule has 2 aromatic rings. The van der Waals surface area contributed by atoms with Gasteiger partial charge in [0.05, 0.1) is 5.92 Å². The first kappa shape index (κ1) is 13.3. The summed E-state index contributed by atoms with van der Waals surface area (Å²) in [6.45, 7) is 1.85. The lowest BCUT2D eigenvalue weighted by atomic mass is 10.1. The fourth-order valence-corrected chi connectivity index (χ4v) is 3.13. The largest absolute Gasteiger partial charge is 0.367 e. The van der Waals surface area contributed by atoms with E-state index in [4.69, 9.17) is 4.52 Å².